The van der Waals surface area contributed by atoms with E-state index in [1.807, 2.05) is 29.9 Å². The largest absolute Gasteiger partial charge is 0.388 e. The van der Waals surface area contributed by atoms with Crippen molar-refractivity contribution in [2.45, 2.75) is 18.9 Å². The van der Waals surface area contributed by atoms with Crippen molar-refractivity contribution in [3.8, 4) is 0 Å². The molecule has 0 radical (unpaired) electrons. The van der Waals surface area contributed by atoms with Crippen LogP contribution >= 0.6 is 0 Å². The highest BCUT2D eigenvalue weighted by Gasteiger charge is 2.34. The van der Waals surface area contributed by atoms with Crippen LogP contribution in [0, 0.1) is 5.92 Å². The number of aryl methyl sites for hydroxylation is 1. The van der Waals surface area contributed by atoms with Crippen LogP contribution in [-0.4, -0.2) is 20.4 Å². The van der Waals surface area contributed by atoms with Crippen molar-refractivity contribution in [2.75, 3.05) is 0 Å². The maximum absolute atomic E-state index is 12.5. The van der Waals surface area contributed by atoms with Gasteiger partial charge in [-0.2, -0.15) is 0 Å². The number of carbonyl (C=O) groups is 1. The van der Waals surface area contributed by atoms with Crippen LogP contribution in [0.1, 0.15) is 34.1 Å². The zero-order valence-corrected chi connectivity index (χ0v) is 10.8. The molecule has 19 heavy (non-hydrogen) atoms. The van der Waals surface area contributed by atoms with Gasteiger partial charge in [-0.05, 0) is 30.5 Å². The van der Waals surface area contributed by atoms with Crippen molar-refractivity contribution in [1.82, 2.24) is 9.55 Å². The Morgan fingerprint density at radius 2 is 2.32 bits per heavy atom. The van der Waals surface area contributed by atoms with E-state index in [0.29, 0.717) is 12.0 Å². The molecule has 3 rings (SSSR count). The topological polar surface area (TPSA) is 55.1 Å². The Hall–Kier alpha value is -1.94. The first kappa shape index (κ1) is 12.1. The van der Waals surface area contributed by atoms with Crippen LogP contribution in [-0.2, 0) is 13.5 Å². The fourth-order valence-corrected chi connectivity index (χ4v) is 2.81. The van der Waals surface area contributed by atoms with Crippen LogP contribution in [0.25, 0.3) is 0 Å². The quantitative estimate of drug-likeness (QED) is 0.892. The molecule has 0 bridgehead atoms. The second kappa shape index (κ2) is 4.63. The predicted molar refractivity (Wildman–Crippen MR) is 70.8 cm³/mol. The maximum Gasteiger partial charge on any atom is 0.170 e. The van der Waals surface area contributed by atoms with Crippen molar-refractivity contribution < 1.29 is 9.90 Å². The molecular formula is C15H16N2O2. The molecule has 1 aliphatic rings. The normalized spacial score (nSPS) is 20.1. The Labute approximate surface area is 111 Å². The molecular weight excluding hydrogens is 240 g/mol. The van der Waals surface area contributed by atoms with Gasteiger partial charge in [0.25, 0.3) is 0 Å². The summed E-state index contributed by atoms with van der Waals surface area (Å²) in [5.74, 6) is -0.322. The molecule has 0 aliphatic heterocycles. The first-order valence-corrected chi connectivity index (χ1v) is 6.45. The standard InChI is InChI=1S/C15H16N2O2/c1-17-8-6-11-13(17)5-4-12(15(11)19)14(18)10-3-2-7-16-9-10/h2-3,6-9,12,14,18H,4-5H2,1H3. The summed E-state index contributed by atoms with van der Waals surface area (Å²) in [6.45, 7) is 0. The van der Waals surface area contributed by atoms with Crippen LogP contribution in [0.3, 0.4) is 0 Å². The number of Topliss-reactive ketones (excluding diaryl/α,β-unsaturated/α-hetero) is 1. The van der Waals surface area contributed by atoms with Gasteiger partial charge in [0, 0.05) is 36.9 Å². The summed E-state index contributed by atoms with van der Waals surface area (Å²) >= 11 is 0. The molecule has 0 fully saturated rings. The highest BCUT2D eigenvalue weighted by molar-refractivity contribution is 6.00. The molecule has 1 N–H and O–H groups in total. The summed E-state index contributed by atoms with van der Waals surface area (Å²) in [5, 5.41) is 10.4. The molecule has 0 saturated heterocycles. The van der Waals surface area contributed by atoms with Gasteiger partial charge in [0.2, 0.25) is 0 Å². The zero-order valence-electron chi connectivity index (χ0n) is 10.8. The summed E-state index contributed by atoms with van der Waals surface area (Å²) in [6.07, 6.45) is 5.93. The number of hydrogen-bond acceptors (Lipinski definition) is 3. The minimum absolute atomic E-state index is 0.0400. The first-order valence-electron chi connectivity index (χ1n) is 6.45. The molecule has 0 amide bonds. The minimum Gasteiger partial charge on any atom is -0.388 e. The van der Waals surface area contributed by atoms with E-state index < -0.39 is 6.10 Å². The van der Waals surface area contributed by atoms with E-state index in [9.17, 15) is 9.90 Å². The molecule has 2 aromatic rings. The summed E-state index contributed by atoms with van der Waals surface area (Å²) in [6, 6.07) is 5.44. The Balaban J connectivity index is 1.90. The third kappa shape index (κ3) is 1.98. The average Bonchev–Trinajstić information content (AvgIpc) is 2.82. The lowest BCUT2D eigenvalue weighted by Crippen LogP contribution is -2.28. The maximum atomic E-state index is 12.5. The number of ketones is 1. The lowest BCUT2D eigenvalue weighted by Gasteiger charge is -2.26. The molecule has 4 heteroatoms. The second-order valence-electron chi connectivity index (χ2n) is 5.03. The molecule has 0 spiro atoms. The number of hydrogen-bond donors (Lipinski definition) is 1. The molecule has 2 heterocycles. The van der Waals surface area contributed by atoms with Gasteiger partial charge in [-0.15, -0.1) is 0 Å². The first-order chi connectivity index (χ1) is 9.18. The van der Waals surface area contributed by atoms with Crippen molar-refractivity contribution in [2.24, 2.45) is 13.0 Å². The SMILES string of the molecule is Cn1ccc2c1CCC(C(O)c1cccnc1)C2=O. The zero-order chi connectivity index (χ0) is 13.4. The van der Waals surface area contributed by atoms with Crippen molar-refractivity contribution >= 4 is 5.78 Å². The Bertz CT molecular complexity index is 604. The summed E-state index contributed by atoms with van der Waals surface area (Å²) in [4.78, 5) is 16.4. The van der Waals surface area contributed by atoms with Gasteiger partial charge in [-0.3, -0.25) is 9.78 Å². The molecule has 2 atom stereocenters. The van der Waals surface area contributed by atoms with Crippen molar-refractivity contribution in [3.63, 3.8) is 0 Å². The third-order valence-corrected chi connectivity index (χ3v) is 3.90. The molecule has 98 valence electrons. The van der Waals surface area contributed by atoms with Crippen LogP contribution < -0.4 is 0 Å². The van der Waals surface area contributed by atoms with Crippen molar-refractivity contribution in [3.05, 3.63) is 53.6 Å². The number of aromatic nitrogens is 2. The average molecular weight is 256 g/mol. The number of aliphatic hydroxyl groups is 1. The van der Waals surface area contributed by atoms with Crippen LogP contribution in [0.4, 0.5) is 0 Å². The van der Waals surface area contributed by atoms with Crippen LogP contribution in [0.2, 0.25) is 0 Å². The highest BCUT2D eigenvalue weighted by Crippen LogP contribution is 2.34. The lowest BCUT2D eigenvalue weighted by molar-refractivity contribution is 0.0635. The van der Waals surface area contributed by atoms with Gasteiger partial charge >= 0.3 is 0 Å². The van der Waals surface area contributed by atoms with Crippen LogP contribution in [0.5, 0.6) is 0 Å². The fraction of sp³-hybridized carbons (Fsp3) is 0.333. The number of carbonyl (C=O) groups excluding carboxylic acids is 1. The highest BCUT2D eigenvalue weighted by atomic mass is 16.3. The van der Waals surface area contributed by atoms with Gasteiger partial charge in [0.1, 0.15) is 0 Å². The second-order valence-corrected chi connectivity index (χ2v) is 5.03. The molecule has 2 unspecified atom stereocenters. The van der Waals surface area contributed by atoms with Gasteiger partial charge in [-0.25, -0.2) is 0 Å². The fourth-order valence-electron chi connectivity index (χ4n) is 2.81. The summed E-state index contributed by atoms with van der Waals surface area (Å²) < 4.78 is 1.99. The van der Waals surface area contributed by atoms with E-state index in [-0.39, 0.29) is 11.7 Å². The van der Waals surface area contributed by atoms with E-state index in [1.165, 1.54) is 0 Å². The van der Waals surface area contributed by atoms with Gasteiger partial charge < -0.3 is 9.67 Å². The monoisotopic (exact) mass is 256 g/mol. The number of fused-ring (bicyclic) bond motifs is 1. The van der Waals surface area contributed by atoms with Gasteiger partial charge in [0.05, 0.1) is 12.0 Å². The third-order valence-electron chi connectivity index (χ3n) is 3.90. The Morgan fingerprint density at radius 1 is 1.47 bits per heavy atom. The molecule has 4 nitrogen and oxygen atoms in total. The van der Waals surface area contributed by atoms with E-state index in [4.69, 9.17) is 0 Å². The number of nitrogens with zero attached hydrogens (tertiary/aromatic N) is 2. The van der Waals surface area contributed by atoms with Crippen LogP contribution in [0.15, 0.2) is 36.8 Å². The summed E-state index contributed by atoms with van der Waals surface area (Å²) in [5.41, 5.74) is 2.53. The molecule has 0 aromatic carbocycles. The lowest BCUT2D eigenvalue weighted by atomic mass is 9.81. The summed E-state index contributed by atoms with van der Waals surface area (Å²) in [7, 11) is 1.95. The van der Waals surface area contributed by atoms with E-state index in [1.54, 1.807) is 18.5 Å². The molecule has 2 aromatic heterocycles. The van der Waals surface area contributed by atoms with E-state index in [2.05, 4.69) is 4.98 Å². The van der Waals surface area contributed by atoms with Crippen molar-refractivity contribution in [1.29, 1.82) is 0 Å². The number of pyridine rings is 1. The van der Waals surface area contributed by atoms with Gasteiger partial charge in [-0.1, -0.05) is 6.07 Å². The smallest absolute Gasteiger partial charge is 0.170 e. The van der Waals surface area contributed by atoms with Gasteiger partial charge in [0.15, 0.2) is 5.78 Å². The molecule has 0 saturated carbocycles. The Kier molecular flexibility index (Phi) is 2.95. The van der Waals surface area contributed by atoms with E-state index >= 15 is 0 Å². The van der Waals surface area contributed by atoms with E-state index in [0.717, 1.165) is 17.7 Å². The minimum atomic E-state index is -0.769. The predicted octanol–water partition coefficient (Wildman–Crippen LogP) is 1.90. The Morgan fingerprint density at radius 3 is 3.05 bits per heavy atom. The molecule has 1 aliphatic carbocycles. The number of aliphatic hydroxyl groups excluding tert-OH is 1. The number of rotatable bonds is 2.